The molecule has 0 spiro atoms. The molecule has 4 rings (SSSR count). The Hall–Kier alpha value is -3.84. The number of amides is 2. The Labute approximate surface area is 199 Å². The van der Waals surface area contributed by atoms with Gasteiger partial charge in [0, 0.05) is 36.2 Å². The summed E-state index contributed by atoms with van der Waals surface area (Å²) >= 11 is 0. The van der Waals surface area contributed by atoms with Gasteiger partial charge in [-0.3, -0.25) is 9.59 Å². The summed E-state index contributed by atoms with van der Waals surface area (Å²) < 4.78 is 11.4. The second kappa shape index (κ2) is 11.9. The van der Waals surface area contributed by atoms with E-state index >= 15 is 0 Å². The van der Waals surface area contributed by atoms with Crippen LogP contribution >= 0.6 is 0 Å². The van der Waals surface area contributed by atoms with Crippen molar-refractivity contribution in [1.82, 2.24) is 5.32 Å². The Kier molecular flexibility index (Phi) is 8.13. The molecule has 1 saturated heterocycles. The zero-order valence-electron chi connectivity index (χ0n) is 19.0. The second-order valence-corrected chi connectivity index (χ2v) is 8.12. The molecule has 3 aromatic rings. The molecule has 1 fully saturated rings. The smallest absolute Gasteiger partial charge is 0.251 e. The van der Waals surface area contributed by atoms with Gasteiger partial charge in [-0.1, -0.05) is 36.4 Å². The maximum atomic E-state index is 12.4. The molecule has 1 aliphatic rings. The van der Waals surface area contributed by atoms with Gasteiger partial charge in [-0.25, -0.2) is 0 Å². The van der Waals surface area contributed by atoms with E-state index in [0.717, 1.165) is 30.7 Å². The van der Waals surface area contributed by atoms with Gasteiger partial charge < -0.3 is 25.4 Å². The lowest BCUT2D eigenvalue weighted by Crippen LogP contribution is -2.23. The number of nitrogens with one attached hydrogen (secondary N) is 3. The van der Waals surface area contributed by atoms with Crippen LogP contribution in [0.1, 0.15) is 28.8 Å². The highest BCUT2D eigenvalue weighted by Crippen LogP contribution is 2.20. The molecule has 176 valence electrons. The Morgan fingerprint density at radius 2 is 1.76 bits per heavy atom. The minimum absolute atomic E-state index is 0.0978. The van der Waals surface area contributed by atoms with Crippen LogP contribution in [0, 0.1) is 0 Å². The van der Waals surface area contributed by atoms with Crippen molar-refractivity contribution < 1.29 is 19.1 Å². The molecular weight excluding hydrogens is 430 g/mol. The maximum absolute atomic E-state index is 12.4. The lowest BCUT2D eigenvalue weighted by atomic mass is 10.1. The van der Waals surface area contributed by atoms with E-state index in [1.165, 1.54) is 0 Å². The molecule has 2 amide bonds. The highest BCUT2D eigenvalue weighted by molar-refractivity contribution is 5.95. The minimum Gasteiger partial charge on any atom is -0.491 e. The molecule has 0 saturated carbocycles. The molecule has 34 heavy (non-hydrogen) atoms. The number of carbonyl (C=O) groups is 2. The molecule has 3 N–H and O–H groups in total. The molecule has 1 atom stereocenters. The first-order valence-corrected chi connectivity index (χ1v) is 11.5. The van der Waals surface area contributed by atoms with Crippen molar-refractivity contribution in [2.24, 2.45) is 0 Å². The SMILES string of the molecule is O=C(CNc1ccc(C(=O)NCc2ccccc2)cc1)Nc1cccc(OCC2CCCO2)c1. The van der Waals surface area contributed by atoms with Crippen molar-refractivity contribution in [2.45, 2.75) is 25.5 Å². The topological polar surface area (TPSA) is 88.7 Å². The molecule has 0 radical (unpaired) electrons. The van der Waals surface area contributed by atoms with E-state index in [9.17, 15) is 9.59 Å². The van der Waals surface area contributed by atoms with Crippen molar-refractivity contribution >= 4 is 23.2 Å². The van der Waals surface area contributed by atoms with Crippen LogP contribution in [-0.4, -0.2) is 37.7 Å². The van der Waals surface area contributed by atoms with Crippen LogP contribution in [0.25, 0.3) is 0 Å². The summed E-state index contributed by atoms with van der Waals surface area (Å²) in [6.45, 7) is 1.88. The number of carbonyl (C=O) groups excluding carboxylic acids is 2. The molecular formula is C27H29N3O4. The zero-order chi connectivity index (χ0) is 23.6. The fraction of sp³-hybridized carbons (Fsp3) is 0.259. The fourth-order valence-corrected chi connectivity index (χ4v) is 3.64. The van der Waals surface area contributed by atoms with Gasteiger partial charge in [0.15, 0.2) is 0 Å². The normalized spacial score (nSPS) is 14.9. The number of hydrogen-bond acceptors (Lipinski definition) is 5. The molecule has 0 aliphatic carbocycles. The fourth-order valence-electron chi connectivity index (χ4n) is 3.64. The third kappa shape index (κ3) is 7.08. The van der Waals surface area contributed by atoms with Crippen LogP contribution in [0.15, 0.2) is 78.9 Å². The lowest BCUT2D eigenvalue weighted by molar-refractivity contribution is -0.114. The monoisotopic (exact) mass is 459 g/mol. The van der Waals surface area contributed by atoms with Crippen molar-refractivity contribution in [1.29, 1.82) is 0 Å². The number of benzene rings is 3. The Bertz CT molecular complexity index is 1080. The van der Waals surface area contributed by atoms with Crippen LogP contribution in [0.5, 0.6) is 5.75 Å². The summed E-state index contributed by atoms with van der Waals surface area (Å²) in [4.78, 5) is 24.7. The van der Waals surface area contributed by atoms with Gasteiger partial charge in [0.25, 0.3) is 5.91 Å². The Morgan fingerprint density at radius 3 is 2.53 bits per heavy atom. The minimum atomic E-state index is -0.180. The van der Waals surface area contributed by atoms with E-state index in [1.807, 2.05) is 48.5 Å². The summed E-state index contributed by atoms with van der Waals surface area (Å²) in [5.74, 6) is 0.373. The van der Waals surface area contributed by atoms with Gasteiger partial charge in [-0.05, 0) is 54.8 Å². The quantitative estimate of drug-likeness (QED) is 0.422. The lowest BCUT2D eigenvalue weighted by Gasteiger charge is -2.13. The molecule has 0 aromatic heterocycles. The van der Waals surface area contributed by atoms with E-state index in [2.05, 4.69) is 16.0 Å². The Morgan fingerprint density at radius 1 is 0.941 bits per heavy atom. The first kappa shape index (κ1) is 23.3. The first-order chi connectivity index (χ1) is 16.7. The van der Waals surface area contributed by atoms with E-state index in [4.69, 9.17) is 9.47 Å². The van der Waals surface area contributed by atoms with Gasteiger partial charge >= 0.3 is 0 Å². The molecule has 0 bridgehead atoms. The molecule has 1 unspecified atom stereocenters. The molecule has 7 nitrogen and oxygen atoms in total. The molecule has 1 heterocycles. The average molecular weight is 460 g/mol. The van der Waals surface area contributed by atoms with Crippen molar-refractivity contribution in [2.75, 3.05) is 30.4 Å². The predicted molar refractivity (Wildman–Crippen MR) is 132 cm³/mol. The Balaban J connectivity index is 1.20. The molecule has 7 heteroatoms. The summed E-state index contributed by atoms with van der Waals surface area (Å²) in [7, 11) is 0. The van der Waals surface area contributed by atoms with E-state index in [-0.39, 0.29) is 24.5 Å². The number of hydrogen-bond donors (Lipinski definition) is 3. The number of ether oxygens (including phenoxy) is 2. The zero-order valence-corrected chi connectivity index (χ0v) is 19.0. The van der Waals surface area contributed by atoms with Gasteiger partial charge in [0.05, 0.1) is 12.6 Å². The highest BCUT2D eigenvalue weighted by atomic mass is 16.5. The molecule has 1 aliphatic heterocycles. The summed E-state index contributed by atoms with van der Waals surface area (Å²) in [6.07, 6.45) is 2.23. The van der Waals surface area contributed by atoms with Crippen LogP contribution < -0.4 is 20.7 Å². The van der Waals surface area contributed by atoms with E-state index in [0.29, 0.717) is 30.2 Å². The van der Waals surface area contributed by atoms with Crippen LogP contribution in [0.2, 0.25) is 0 Å². The van der Waals surface area contributed by atoms with Gasteiger partial charge in [-0.15, -0.1) is 0 Å². The number of anilines is 2. The first-order valence-electron chi connectivity index (χ1n) is 11.5. The highest BCUT2D eigenvalue weighted by Gasteiger charge is 2.16. The average Bonchev–Trinajstić information content (AvgIpc) is 3.40. The van der Waals surface area contributed by atoms with Crippen molar-refractivity contribution in [3.8, 4) is 5.75 Å². The van der Waals surface area contributed by atoms with Crippen LogP contribution in [0.4, 0.5) is 11.4 Å². The van der Waals surface area contributed by atoms with Gasteiger partial charge in [-0.2, -0.15) is 0 Å². The summed E-state index contributed by atoms with van der Waals surface area (Å²) in [6, 6.07) is 24.1. The van der Waals surface area contributed by atoms with Gasteiger partial charge in [0.2, 0.25) is 5.91 Å². The number of rotatable bonds is 10. The van der Waals surface area contributed by atoms with E-state index in [1.54, 1.807) is 30.3 Å². The predicted octanol–water partition coefficient (Wildman–Crippen LogP) is 4.23. The van der Waals surface area contributed by atoms with Crippen LogP contribution in [0.3, 0.4) is 0 Å². The maximum Gasteiger partial charge on any atom is 0.251 e. The molecule has 3 aromatic carbocycles. The summed E-state index contributed by atoms with van der Waals surface area (Å²) in [5, 5.41) is 8.84. The standard InChI is InChI=1S/C27H29N3O4/c31-26(30-23-8-4-9-24(16-23)34-19-25-10-5-15-33-25)18-28-22-13-11-21(12-14-22)27(32)29-17-20-6-2-1-3-7-20/h1-4,6-9,11-14,16,25,28H,5,10,15,17-19H2,(H,29,32)(H,30,31). The second-order valence-electron chi connectivity index (χ2n) is 8.12. The van der Waals surface area contributed by atoms with Crippen molar-refractivity contribution in [3.63, 3.8) is 0 Å². The van der Waals surface area contributed by atoms with Crippen molar-refractivity contribution in [3.05, 3.63) is 90.0 Å². The van der Waals surface area contributed by atoms with Gasteiger partial charge in [0.1, 0.15) is 12.4 Å². The van der Waals surface area contributed by atoms with Crippen LogP contribution in [-0.2, 0) is 16.1 Å². The van der Waals surface area contributed by atoms with E-state index < -0.39 is 0 Å². The largest absolute Gasteiger partial charge is 0.491 e. The summed E-state index contributed by atoms with van der Waals surface area (Å²) in [5.41, 5.74) is 3.02. The third-order valence-corrected chi connectivity index (χ3v) is 5.47. The third-order valence-electron chi connectivity index (χ3n) is 5.47.